The topological polar surface area (TPSA) is 104 Å². The van der Waals surface area contributed by atoms with E-state index in [0.29, 0.717) is 23.5 Å². The molecule has 1 amide bonds. The highest BCUT2D eigenvalue weighted by Crippen LogP contribution is 2.23. The van der Waals surface area contributed by atoms with E-state index in [2.05, 4.69) is 10.3 Å². The molecule has 0 unspecified atom stereocenters. The van der Waals surface area contributed by atoms with Crippen molar-refractivity contribution >= 4 is 40.2 Å². The third-order valence-electron chi connectivity index (χ3n) is 4.20. The van der Waals surface area contributed by atoms with Crippen molar-refractivity contribution in [1.29, 1.82) is 0 Å². The maximum Gasteiger partial charge on any atom is 0.269 e. The first-order chi connectivity index (χ1) is 15.3. The van der Waals surface area contributed by atoms with Crippen molar-refractivity contribution in [2.24, 2.45) is 0 Å². The molecule has 2 aromatic carbocycles. The van der Waals surface area contributed by atoms with Gasteiger partial charge in [-0.15, -0.1) is 0 Å². The van der Waals surface area contributed by atoms with Crippen molar-refractivity contribution < 1.29 is 23.6 Å². The fraction of sp³-hybridized carbons (Fsp3) is 0.182. The molecule has 10 heteroatoms. The number of anilines is 1. The molecule has 1 heterocycles. The molecule has 8 nitrogen and oxygen atoms in total. The van der Waals surface area contributed by atoms with Crippen LogP contribution in [0.5, 0.6) is 5.75 Å². The van der Waals surface area contributed by atoms with Crippen LogP contribution in [0.25, 0.3) is 12.2 Å². The van der Waals surface area contributed by atoms with Crippen molar-refractivity contribution in [1.82, 2.24) is 4.98 Å². The third kappa shape index (κ3) is 6.43. The largest absolute Gasteiger partial charge is 0.488 e. The van der Waals surface area contributed by atoms with E-state index in [4.69, 9.17) is 9.47 Å². The van der Waals surface area contributed by atoms with Gasteiger partial charge in [0.2, 0.25) is 0 Å². The molecule has 0 aliphatic rings. The van der Waals surface area contributed by atoms with E-state index in [-0.39, 0.29) is 16.9 Å². The Labute approximate surface area is 187 Å². The fourth-order valence-electron chi connectivity index (χ4n) is 2.80. The molecule has 0 saturated heterocycles. The summed E-state index contributed by atoms with van der Waals surface area (Å²) in [4.78, 5) is 26.8. The number of carbonyl (C=O) groups excluding carboxylic acids is 1. The number of carbonyl (C=O) groups is 1. The van der Waals surface area contributed by atoms with Crippen LogP contribution in [0.1, 0.15) is 28.4 Å². The number of hydrogen-bond acceptors (Lipinski definition) is 7. The lowest BCUT2D eigenvalue weighted by Gasteiger charge is -2.15. The highest BCUT2D eigenvalue weighted by atomic mass is 32.1. The molecule has 32 heavy (non-hydrogen) atoms. The number of nitro benzene ring substituents is 1. The Bertz CT molecular complexity index is 1130. The van der Waals surface area contributed by atoms with Crippen LogP contribution >= 0.6 is 11.3 Å². The Hall–Kier alpha value is -3.63. The van der Waals surface area contributed by atoms with Gasteiger partial charge in [-0.3, -0.25) is 20.2 Å². The summed E-state index contributed by atoms with van der Waals surface area (Å²) >= 11 is 0.728. The van der Waals surface area contributed by atoms with E-state index in [0.717, 1.165) is 23.1 Å². The summed E-state index contributed by atoms with van der Waals surface area (Å²) in [6.45, 7) is 2.20. The smallest absolute Gasteiger partial charge is 0.269 e. The van der Waals surface area contributed by atoms with Crippen molar-refractivity contribution in [3.05, 3.63) is 80.6 Å². The summed E-state index contributed by atoms with van der Waals surface area (Å²) in [6.07, 6.45) is 4.30. The van der Waals surface area contributed by atoms with Crippen molar-refractivity contribution in [3.8, 4) is 5.75 Å². The normalized spacial score (nSPS) is 12.0. The number of methoxy groups -OCH3 is 1. The number of hydrogen-bond donors (Lipinski definition) is 1. The highest BCUT2D eigenvalue weighted by Gasteiger charge is 2.13. The van der Waals surface area contributed by atoms with Gasteiger partial charge in [-0.2, -0.15) is 4.39 Å². The molecule has 3 aromatic rings. The Balaban J connectivity index is 1.86. The molecule has 0 bridgehead atoms. The van der Waals surface area contributed by atoms with E-state index in [1.807, 2.05) is 6.92 Å². The minimum atomic E-state index is -0.502. The summed E-state index contributed by atoms with van der Waals surface area (Å²) in [6, 6.07) is 11.1. The molecule has 1 atom stereocenters. The van der Waals surface area contributed by atoms with Crippen LogP contribution < -0.4 is 10.1 Å². The number of amides is 1. The number of non-ortho nitro benzene ring substituents is 1. The van der Waals surface area contributed by atoms with Gasteiger partial charge in [-0.05, 0) is 48.4 Å². The predicted molar refractivity (Wildman–Crippen MR) is 120 cm³/mol. The van der Waals surface area contributed by atoms with Gasteiger partial charge in [0, 0.05) is 24.8 Å². The maximum atomic E-state index is 13.2. The first-order valence-electron chi connectivity index (χ1n) is 9.50. The van der Waals surface area contributed by atoms with Gasteiger partial charge < -0.3 is 9.47 Å². The quantitative estimate of drug-likeness (QED) is 0.275. The standard InChI is InChI=1S/C22H20FN3O5S/c1-14(13-30-2)31-19-10-16(4-3-15-5-7-18(8-6-15)26(28)29)9-17(11-19)21(27)25-22-24-12-20(23)32-22/h3-12,14H,13H2,1-2H3,(H,24,25,27)/t14-/m0/s1. The maximum absolute atomic E-state index is 13.2. The summed E-state index contributed by atoms with van der Waals surface area (Å²) in [5.41, 5.74) is 1.72. The van der Waals surface area contributed by atoms with E-state index in [1.54, 1.807) is 49.6 Å². The van der Waals surface area contributed by atoms with Crippen LogP contribution in [0.4, 0.5) is 15.2 Å². The van der Waals surface area contributed by atoms with E-state index in [1.165, 1.54) is 12.1 Å². The Morgan fingerprint density at radius 3 is 2.59 bits per heavy atom. The zero-order valence-corrected chi connectivity index (χ0v) is 18.1. The van der Waals surface area contributed by atoms with Crippen LogP contribution in [0.15, 0.2) is 48.7 Å². The number of aromatic nitrogens is 1. The van der Waals surface area contributed by atoms with E-state index >= 15 is 0 Å². The van der Waals surface area contributed by atoms with Gasteiger partial charge in [0.15, 0.2) is 10.3 Å². The van der Waals surface area contributed by atoms with Crippen LogP contribution in [0.2, 0.25) is 0 Å². The second-order valence-corrected chi connectivity index (χ2v) is 7.76. The molecule has 0 aliphatic carbocycles. The summed E-state index contributed by atoms with van der Waals surface area (Å²) in [5, 5.41) is 13.0. The SMILES string of the molecule is COC[C@H](C)Oc1cc(C=Cc2ccc([N+](=O)[O-])cc2)cc(C(=O)Nc2ncc(F)s2)c1. The molecule has 0 saturated carbocycles. The second-order valence-electron chi connectivity index (χ2n) is 6.78. The van der Waals surface area contributed by atoms with E-state index in [9.17, 15) is 19.3 Å². The number of benzene rings is 2. The number of nitrogens with one attached hydrogen (secondary N) is 1. The van der Waals surface area contributed by atoms with Gasteiger partial charge in [-0.1, -0.05) is 23.5 Å². The molecule has 0 fully saturated rings. The Morgan fingerprint density at radius 1 is 1.25 bits per heavy atom. The molecule has 0 spiro atoms. The average molecular weight is 457 g/mol. The highest BCUT2D eigenvalue weighted by molar-refractivity contribution is 7.14. The lowest BCUT2D eigenvalue weighted by molar-refractivity contribution is -0.384. The van der Waals surface area contributed by atoms with E-state index < -0.39 is 16.0 Å². The molecular weight excluding hydrogens is 437 g/mol. The van der Waals surface area contributed by atoms with Gasteiger partial charge in [0.25, 0.3) is 11.6 Å². The van der Waals surface area contributed by atoms with Gasteiger partial charge in [0.05, 0.1) is 17.7 Å². The predicted octanol–water partition coefficient (Wildman–Crippen LogP) is 5.03. The first-order valence-corrected chi connectivity index (χ1v) is 10.3. The Kier molecular flexibility index (Phi) is 7.63. The molecule has 0 aliphatic heterocycles. The molecule has 0 radical (unpaired) electrons. The minimum absolute atomic E-state index is 0.00209. The number of halogens is 1. The molecule has 1 aromatic heterocycles. The Morgan fingerprint density at radius 2 is 1.97 bits per heavy atom. The zero-order chi connectivity index (χ0) is 23.1. The monoisotopic (exact) mass is 457 g/mol. The number of rotatable bonds is 9. The van der Waals surface area contributed by atoms with Crippen molar-refractivity contribution in [2.75, 3.05) is 19.0 Å². The number of nitrogens with zero attached hydrogens (tertiary/aromatic N) is 2. The molecule has 166 valence electrons. The molecule has 1 N–H and O–H groups in total. The summed E-state index contributed by atoms with van der Waals surface area (Å²) < 4.78 is 24.1. The lowest BCUT2D eigenvalue weighted by Crippen LogP contribution is -2.18. The zero-order valence-electron chi connectivity index (χ0n) is 17.3. The lowest BCUT2D eigenvalue weighted by atomic mass is 10.1. The second kappa shape index (κ2) is 10.6. The van der Waals surface area contributed by atoms with Gasteiger partial charge in [-0.25, -0.2) is 4.98 Å². The molecular formula is C22H20FN3O5S. The number of ether oxygens (including phenoxy) is 2. The van der Waals surface area contributed by atoms with Crippen LogP contribution in [0.3, 0.4) is 0 Å². The minimum Gasteiger partial charge on any atom is -0.488 e. The number of thiazole rings is 1. The van der Waals surface area contributed by atoms with Crippen molar-refractivity contribution in [2.45, 2.75) is 13.0 Å². The van der Waals surface area contributed by atoms with Crippen LogP contribution in [-0.4, -0.2) is 35.6 Å². The van der Waals surface area contributed by atoms with Crippen LogP contribution in [-0.2, 0) is 4.74 Å². The van der Waals surface area contributed by atoms with Gasteiger partial charge in [0.1, 0.15) is 11.9 Å². The van der Waals surface area contributed by atoms with Gasteiger partial charge >= 0.3 is 0 Å². The van der Waals surface area contributed by atoms with Crippen LogP contribution in [0, 0.1) is 15.2 Å². The summed E-state index contributed by atoms with van der Waals surface area (Å²) in [5.74, 6) is -0.00921. The average Bonchev–Trinajstić information content (AvgIpc) is 3.17. The van der Waals surface area contributed by atoms with Crippen molar-refractivity contribution in [3.63, 3.8) is 0 Å². The molecule has 3 rings (SSSR count). The third-order valence-corrected chi connectivity index (χ3v) is 4.90. The summed E-state index contributed by atoms with van der Waals surface area (Å²) in [7, 11) is 1.56. The fourth-order valence-corrected chi connectivity index (χ4v) is 3.34. The first kappa shape index (κ1) is 23.0. The number of nitro groups is 1.